The number of methoxy groups -OCH3 is 1. The summed E-state index contributed by atoms with van der Waals surface area (Å²) in [6.07, 6.45) is 6.03. The van der Waals surface area contributed by atoms with E-state index in [1.165, 1.54) is 38.5 Å². The van der Waals surface area contributed by atoms with E-state index in [-0.39, 0.29) is 29.9 Å². The van der Waals surface area contributed by atoms with E-state index >= 15 is 0 Å². The molecule has 2 rings (SSSR count). The van der Waals surface area contributed by atoms with Gasteiger partial charge in [0.25, 0.3) is 0 Å². The molecule has 0 amide bonds. The second-order valence-electron chi connectivity index (χ2n) is 7.10. The van der Waals surface area contributed by atoms with E-state index in [4.69, 9.17) is 4.74 Å². The lowest BCUT2D eigenvalue weighted by atomic mass is 10.0. The summed E-state index contributed by atoms with van der Waals surface area (Å²) < 4.78 is 4.72. The van der Waals surface area contributed by atoms with Gasteiger partial charge in [0.15, 0.2) is 5.96 Å². The van der Waals surface area contributed by atoms with Crippen LogP contribution in [-0.2, 0) is 11.2 Å². The number of carbonyl (C=O) groups is 1. The molecule has 0 spiro atoms. The summed E-state index contributed by atoms with van der Waals surface area (Å²) in [5, 5.41) is 6.74. The third-order valence-electron chi connectivity index (χ3n) is 5.16. The highest BCUT2D eigenvalue weighted by molar-refractivity contribution is 14.0. The fourth-order valence-corrected chi connectivity index (χ4v) is 3.45. The van der Waals surface area contributed by atoms with Gasteiger partial charge < -0.3 is 20.3 Å². The van der Waals surface area contributed by atoms with Crippen LogP contribution >= 0.6 is 24.0 Å². The minimum absolute atomic E-state index is 0. The fourth-order valence-electron chi connectivity index (χ4n) is 3.45. The number of carbonyl (C=O) groups excluding carboxylic acids is 1. The van der Waals surface area contributed by atoms with Gasteiger partial charge in [-0.05, 0) is 56.8 Å². The Hall–Kier alpha value is -1.35. The van der Waals surface area contributed by atoms with Crippen molar-refractivity contribution < 1.29 is 9.53 Å². The quantitative estimate of drug-likeness (QED) is 0.188. The van der Waals surface area contributed by atoms with Crippen LogP contribution in [0.5, 0.6) is 0 Å². The van der Waals surface area contributed by atoms with Gasteiger partial charge in [-0.1, -0.05) is 18.6 Å². The molecule has 2 N–H and O–H groups in total. The van der Waals surface area contributed by atoms with Crippen LogP contribution in [0.25, 0.3) is 0 Å². The molecule has 1 aromatic rings. The van der Waals surface area contributed by atoms with E-state index in [0.717, 1.165) is 44.5 Å². The normalized spacial score (nSPS) is 17.5. The predicted molar refractivity (Wildman–Crippen MR) is 126 cm³/mol. The number of hydrogen-bond donors (Lipinski definition) is 2. The lowest BCUT2D eigenvalue weighted by molar-refractivity contribution is 0.0600. The molecule has 28 heavy (non-hydrogen) atoms. The minimum atomic E-state index is -0.303. The molecule has 1 aliphatic heterocycles. The summed E-state index contributed by atoms with van der Waals surface area (Å²) in [5.41, 5.74) is 1.75. The topological polar surface area (TPSA) is 66.0 Å². The van der Waals surface area contributed by atoms with Crippen molar-refractivity contribution in [1.29, 1.82) is 0 Å². The number of rotatable bonds is 8. The number of ether oxygens (including phenoxy) is 1. The SMILES string of the molecule is CN=C(NCCCN1CCCCC1C)NCCc1ccc(C(=O)OC)cc1.I. The van der Waals surface area contributed by atoms with Gasteiger partial charge >= 0.3 is 5.97 Å². The number of likely N-dealkylation sites (tertiary alicyclic amines) is 1. The minimum Gasteiger partial charge on any atom is -0.465 e. The molecule has 1 atom stereocenters. The molecule has 0 radical (unpaired) electrons. The zero-order valence-electron chi connectivity index (χ0n) is 17.4. The molecule has 6 nitrogen and oxygen atoms in total. The van der Waals surface area contributed by atoms with Crippen LogP contribution in [0.2, 0.25) is 0 Å². The van der Waals surface area contributed by atoms with Crippen LogP contribution in [-0.4, -0.2) is 63.2 Å². The van der Waals surface area contributed by atoms with E-state index in [2.05, 4.69) is 27.4 Å². The molecule has 0 aromatic heterocycles. The smallest absolute Gasteiger partial charge is 0.337 e. The summed E-state index contributed by atoms with van der Waals surface area (Å²) in [4.78, 5) is 18.3. The Bertz CT molecular complexity index is 607. The molecule has 158 valence electrons. The summed E-state index contributed by atoms with van der Waals surface area (Å²) in [6, 6.07) is 8.25. The zero-order valence-corrected chi connectivity index (χ0v) is 19.7. The van der Waals surface area contributed by atoms with Gasteiger partial charge in [0.05, 0.1) is 12.7 Å². The first-order valence-corrected chi connectivity index (χ1v) is 10.00. The number of aliphatic imine (C=N–C) groups is 1. The maximum atomic E-state index is 11.4. The van der Waals surface area contributed by atoms with Crippen molar-refractivity contribution in [3.05, 3.63) is 35.4 Å². The summed E-state index contributed by atoms with van der Waals surface area (Å²) in [5.74, 6) is 0.538. The number of halogens is 1. The molecule has 7 heteroatoms. The predicted octanol–water partition coefficient (Wildman–Crippen LogP) is 3.06. The molecule has 1 aromatic carbocycles. The van der Waals surface area contributed by atoms with Gasteiger partial charge in [-0.2, -0.15) is 0 Å². The molecule has 0 aliphatic carbocycles. The molecule has 1 unspecified atom stereocenters. The van der Waals surface area contributed by atoms with Crippen LogP contribution in [0.3, 0.4) is 0 Å². The van der Waals surface area contributed by atoms with Crippen LogP contribution in [0.15, 0.2) is 29.3 Å². The average Bonchev–Trinajstić information content (AvgIpc) is 2.70. The number of esters is 1. The van der Waals surface area contributed by atoms with Crippen molar-refractivity contribution >= 4 is 35.9 Å². The van der Waals surface area contributed by atoms with Gasteiger partial charge in [-0.3, -0.25) is 4.99 Å². The van der Waals surface area contributed by atoms with E-state index in [1.807, 2.05) is 12.1 Å². The van der Waals surface area contributed by atoms with Gasteiger partial charge in [-0.15, -0.1) is 24.0 Å². The Morgan fingerprint density at radius 2 is 1.93 bits per heavy atom. The summed E-state index contributed by atoms with van der Waals surface area (Å²) in [6.45, 7) is 6.45. The molecule has 1 heterocycles. The Balaban J connectivity index is 0.00000392. The molecular weight excluding hydrogens is 467 g/mol. The average molecular weight is 502 g/mol. The van der Waals surface area contributed by atoms with E-state index in [1.54, 1.807) is 19.2 Å². The van der Waals surface area contributed by atoms with Crippen molar-refractivity contribution in [2.75, 3.05) is 40.3 Å². The largest absolute Gasteiger partial charge is 0.465 e. The second kappa shape index (κ2) is 13.8. The number of hydrogen-bond acceptors (Lipinski definition) is 4. The number of nitrogens with zero attached hydrogens (tertiary/aromatic N) is 2. The van der Waals surface area contributed by atoms with Crippen molar-refractivity contribution in [2.24, 2.45) is 4.99 Å². The first kappa shape index (κ1) is 24.7. The number of nitrogens with one attached hydrogen (secondary N) is 2. The number of piperidine rings is 1. The number of benzene rings is 1. The molecule has 0 bridgehead atoms. The van der Waals surface area contributed by atoms with Crippen LogP contribution in [0, 0.1) is 0 Å². The van der Waals surface area contributed by atoms with Gasteiger partial charge in [-0.25, -0.2) is 4.79 Å². The van der Waals surface area contributed by atoms with Crippen molar-refractivity contribution in [3.8, 4) is 0 Å². The van der Waals surface area contributed by atoms with E-state index < -0.39 is 0 Å². The maximum Gasteiger partial charge on any atom is 0.337 e. The lowest BCUT2D eigenvalue weighted by Crippen LogP contribution is -2.41. The summed E-state index contributed by atoms with van der Waals surface area (Å²) in [7, 11) is 3.19. The van der Waals surface area contributed by atoms with Crippen molar-refractivity contribution in [3.63, 3.8) is 0 Å². The monoisotopic (exact) mass is 502 g/mol. The Morgan fingerprint density at radius 1 is 1.21 bits per heavy atom. The van der Waals surface area contributed by atoms with Crippen LogP contribution < -0.4 is 10.6 Å². The third-order valence-corrected chi connectivity index (χ3v) is 5.16. The first-order chi connectivity index (χ1) is 13.1. The Labute approximate surface area is 186 Å². The first-order valence-electron chi connectivity index (χ1n) is 10.00. The highest BCUT2D eigenvalue weighted by atomic mass is 127. The molecule has 1 saturated heterocycles. The van der Waals surface area contributed by atoms with Gasteiger partial charge in [0, 0.05) is 32.7 Å². The van der Waals surface area contributed by atoms with Gasteiger partial charge in [0.1, 0.15) is 0 Å². The third kappa shape index (κ3) is 8.34. The zero-order chi connectivity index (χ0) is 19.5. The molecule has 1 fully saturated rings. The Morgan fingerprint density at radius 3 is 2.57 bits per heavy atom. The van der Waals surface area contributed by atoms with E-state index in [0.29, 0.717) is 5.56 Å². The van der Waals surface area contributed by atoms with Crippen molar-refractivity contribution in [2.45, 2.75) is 45.1 Å². The lowest BCUT2D eigenvalue weighted by Gasteiger charge is -2.33. The fraction of sp³-hybridized carbons (Fsp3) is 0.619. The van der Waals surface area contributed by atoms with Crippen LogP contribution in [0.4, 0.5) is 0 Å². The summed E-state index contributed by atoms with van der Waals surface area (Å²) >= 11 is 0. The van der Waals surface area contributed by atoms with Gasteiger partial charge in [0.2, 0.25) is 0 Å². The van der Waals surface area contributed by atoms with Crippen molar-refractivity contribution in [1.82, 2.24) is 15.5 Å². The molecule has 1 aliphatic rings. The van der Waals surface area contributed by atoms with E-state index in [9.17, 15) is 4.79 Å². The molecule has 0 saturated carbocycles. The highest BCUT2D eigenvalue weighted by Gasteiger charge is 2.17. The maximum absolute atomic E-state index is 11.4. The standard InChI is InChI=1S/C21H34N4O2.HI/c1-17-7-4-5-15-25(17)16-6-13-23-21(22-2)24-14-12-18-8-10-19(11-9-18)20(26)27-3;/h8-11,17H,4-7,12-16H2,1-3H3,(H2,22,23,24);1H. The highest BCUT2D eigenvalue weighted by Crippen LogP contribution is 2.16. The second-order valence-corrected chi connectivity index (χ2v) is 7.10. The Kier molecular flexibility index (Phi) is 12.1. The number of guanidine groups is 1. The molecular formula is C21H35IN4O2. The van der Waals surface area contributed by atoms with Crippen LogP contribution in [0.1, 0.15) is 48.5 Å².